The summed E-state index contributed by atoms with van der Waals surface area (Å²) in [5.41, 5.74) is 0.824. The largest absolute Gasteiger partial charge is 0.406 e. The molecule has 0 spiro atoms. The molecule has 0 unspecified atom stereocenters. The maximum absolute atomic E-state index is 12.8. The molecule has 0 aliphatic rings. The molecule has 1 aromatic heterocycles. The topological polar surface area (TPSA) is 49.0 Å². The first-order valence-electron chi connectivity index (χ1n) is 5.90. The van der Waals surface area contributed by atoms with Crippen LogP contribution in [0.1, 0.15) is 10.5 Å². The molecular formula is C13H11F4N3O. The van der Waals surface area contributed by atoms with Gasteiger partial charge in [0.1, 0.15) is 18.1 Å². The molecule has 0 fully saturated rings. The highest BCUT2D eigenvalue weighted by Crippen LogP contribution is 2.20. The van der Waals surface area contributed by atoms with Crippen molar-refractivity contribution >= 4 is 5.91 Å². The number of hydrogen-bond acceptors (Lipinski definition) is 2. The molecule has 1 aromatic carbocycles. The average Bonchev–Trinajstić information content (AvgIpc) is 2.86. The number of aromatic amines is 1. The maximum atomic E-state index is 12.8. The van der Waals surface area contributed by atoms with E-state index in [1.807, 2.05) is 0 Å². The van der Waals surface area contributed by atoms with Crippen LogP contribution in [0.5, 0.6) is 0 Å². The minimum atomic E-state index is -4.47. The molecule has 0 aliphatic carbocycles. The molecule has 0 bridgehead atoms. The summed E-state index contributed by atoms with van der Waals surface area (Å²) in [6, 6.07) is 6.68. The van der Waals surface area contributed by atoms with Crippen molar-refractivity contribution in [1.29, 1.82) is 0 Å². The number of H-pyrrole nitrogens is 1. The lowest BCUT2D eigenvalue weighted by Crippen LogP contribution is -2.35. The Labute approximate surface area is 117 Å². The number of amides is 1. The van der Waals surface area contributed by atoms with Gasteiger partial charge in [-0.15, -0.1) is 0 Å². The van der Waals surface area contributed by atoms with Crippen molar-refractivity contribution in [2.75, 3.05) is 13.6 Å². The van der Waals surface area contributed by atoms with E-state index >= 15 is 0 Å². The molecule has 0 radical (unpaired) electrons. The standard InChI is InChI=1S/C13H11F4N3O/c1-20(7-13(15,16)17)12(21)11-6-10(18-19-11)8-2-4-9(14)5-3-8/h2-6H,7H2,1H3,(H,18,19). The zero-order valence-electron chi connectivity index (χ0n) is 10.9. The normalized spacial score (nSPS) is 11.5. The van der Waals surface area contributed by atoms with Gasteiger partial charge >= 0.3 is 6.18 Å². The molecular weight excluding hydrogens is 290 g/mol. The minimum Gasteiger partial charge on any atom is -0.331 e. The second-order valence-electron chi connectivity index (χ2n) is 4.45. The second-order valence-corrected chi connectivity index (χ2v) is 4.45. The van der Waals surface area contributed by atoms with Crippen molar-refractivity contribution in [3.8, 4) is 11.3 Å². The first-order valence-corrected chi connectivity index (χ1v) is 5.90. The van der Waals surface area contributed by atoms with E-state index < -0.39 is 24.4 Å². The minimum absolute atomic E-state index is 0.0684. The van der Waals surface area contributed by atoms with Gasteiger partial charge in [-0.1, -0.05) is 0 Å². The van der Waals surface area contributed by atoms with Gasteiger partial charge in [-0.3, -0.25) is 9.89 Å². The average molecular weight is 301 g/mol. The highest BCUT2D eigenvalue weighted by Gasteiger charge is 2.32. The van der Waals surface area contributed by atoms with Crippen LogP contribution in [-0.2, 0) is 0 Å². The Balaban J connectivity index is 2.16. The van der Waals surface area contributed by atoms with E-state index in [-0.39, 0.29) is 5.69 Å². The number of aromatic nitrogens is 2. The van der Waals surface area contributed by atoms with Crippen molar-refractivity contribution < 1.29 is 22.4 Å². The molecule has 2 aromatic rings. The predicted molar refractivity (Wildman–Crippen MR) is 67.0 cm³/mol. The van der Waals surface area contributed by atoms with E-state index in [9.17, 15) is 22.4 Å². The smallest absolute Gasteiger partial charge is 0.331 e. The van der Waals surface area contributed by atoms with Crippen molar-refractivity contribution in [3.05, 3.63) is 41.8 Å². The molecule has 0 aliphatic heterocycles. The van der Waals surface area contributed by atoms with Gasteiger partial charge in [0, 0.05) is 12.6 Å². The van der Waals surface area contributed by atoms with Crippen LogP contribution >= 0.6 is 0 Å². The Morgan fingerprint density at radius 2 is 1.90 bits per heavy atom. The van der Waals surface area contributed by atoms with Crippen LogP contribution in [0.2, 0.25) is 0 Å². The van der Waals surface area contributed by atoms with Crippen LogP contribution in [0, 0.1) is 5.82 Å². The first kappa shape index (κ1) is 15.0. The number of benzene rings is 1. The van der Waals surface area contributed by atoms with Gasteiger partial charge in [0.15, 0.2) is 0 Å². The van der Waals surface area contributed by atoms with Gasteiger partial charge in [0.25, 0.3) is 5.91 Å². The Morgan fingerprint density at radius 1 is 1.29 bits per heavy atom. The Kier molecular flexibility index (Phi) is 3.97. The van der Waals surface area contributed by atoms with Gasteiger partial charge in [-0.2, -0.15) is 18.3 Å². The summed E-state index contributed by atoms with van der Waals surface area (Å²) >= 11 is 0. The quantitative estimate of drug-likeness (QED) is 0.886. The molecule has 8 heteroatoms. The van der Waals surface area contributed by atoms with Crippen LogP contribution in [0.25, 0.3) is 11.3 Å². The van der Waals surface area contributed by atoms with Crippen LogP contribution in [0.4, 0.5) is 17.6 Å². The molecule has 0 saturated carbocycles. The highest BCUT2D eigenvalue weighted by atomic mass is 19.4. The van der Waals surface area contributed by atoms with E-state index in [1.54, 1.807) is 0 Å². The molecule has 0 saturated heterocycles. The molecule has 2 rings (SSSR count). The fourth-order valence-electron chi connectivity index (χ4n) is 1.75. The number of alkyl halides is 3. The monoisotopic (exact) mass is 301 g/mol. The molecule has 21 heavy (non-hydrogen) atoms. The van der Waals surface area contributed by atoms with E-state index in [0.29, 0.717) is 16.2 Å². The fraction of sp³-hybridized carbons (Fsp3) is 0.231. The molecule has 1 heterocycles. The van der Waals surface area contributed by atoms with Crippen molar-refractivity contribution in [1.82, 2.24) is 15.1 Å². The molecule has 1 amide bonds. The lowest BCUT2D eigenvalue weighted by molar-refractivity contribution is -0.138. The fourth-order valence-corrected chi connectivity index (χ4v) is 1.75. The third-order valence-corrected chi connectivity index (χ3v) is 2.71. The van der Waals surface area contributed by atoms with Gasteiger partial charge in [-0.25, -0.2) is 4.39 Å². The van der Waals surface area contributed by atoms with Crippen molar-refractivity contribution in [3.63, 3.8) is 0 Å². The lowest BCUT2D eigenvalue weighted by Gasteiger charge is -2.17. The summed E-state index contributed by atoms with van der Waals surface area (Å²) in [6.07, 6.45) is -4.47. The summed E-state index contributed by atoms with van der Waals surface area (Å²) in [4.78, 5) is 12.4. The molecule has 1 N–H and O–H groups in total. The number of carbonyl (C=O) groups is 1. The summed E-state index contributed by atoms with van der Waals surface area (Å²) < 4.78 is 49.5. The summed E-state index contributed by atoms with van der Waals surface area (Å²) in [5.74, 6) is -1.25. The summed E-state index contributed by atoms with van der Waals surface area (Å²) in [6.45, 7) is -1.35. The molecule has 112 valence electrons. The molecule has 4 nitrogen and oxygen atoms in total. The Bertz CT molecular complexity index is 634. The third-order valence-electron chi connectivity index (χ3n) is 2.71. The Morgan fingerprint density at radius 3 is 2.48 bits per heavy atom. The number of hydrogen-bond donors (Lipinski definition) is 1. The van der Waals surface area contributed by atoms with Gasteiger partial charge in [-0.05, 0) is 30.3 Å². The van der Waals surface area contributed by atoms with Crippen molar-refractivity contribution in [2.45, 2.75) is 6.18 Å². The van der Waals surface area contributed by atoms with Crippen LogP contribution in [-0.4, -0.2) is 40.8 Å². The van der Waals surface area contributed by atoms with Crippen LogP contribution in [0.3, 0.4) is 0 Å². The van der Waals surface area contributed by atoms with Gasteiger partial charge in [0.05, 0.1) is 5.69 Å². The molecule has 0 atom stereocenters. The zero-order chi connectivity index (χ0) is 15.6. The van der Waals surface area contributed by atoms with Gasteiger partial charge < -0.3 is 4.90 Å². The van der Waals surface area contributed by atoms with Gasteiger partial charge in [0.2, 0.25) is 0 Å². The maximum Gasteiger partial charge on any atom is 0.406 e. The lowest BCUT2D eigenvalue weighted by atomic mass is 10.1. The van der Waals surface area contributed by atoms with E-state index in [4.69, 9.17) is 0 Å². The van der Waals surface area contributed by atoms with Crippen LogP contribution in [0.15, 0.2) is 30.3 Å². The second kappa shape index (κ2) is 5.55. The number of halogens is 4. The first-order chi connectivity index (χ1) is 9.76. The number of nitrogens with zero attached hydrogens (tertiary/aromatic N) is 2. The number of carbonyl (C=O) groups excluding carboxylic acids is 1. The predicted octanol–water partition coefficient (Wildman–Crippen LogP) is 2.85. The SMILES string of the molecule is CN(CC(F)(F)F)C(=O)c1cc(-c2ccc(F)cc2)n[nH]1. The van der Waals surface area contributed by atoms with E-state index in [1.165, 1.54) is 30.3 Å². The van der Waals surface area contributed by atoms with Crippen molar-refractivity contribution in [2.24, 2.45) is 0 Å². The van der Waals surface area contributed by atoms with E-state index in [2.05, 4.69) is 10.2 Å². The zero-order valence-corrected chi connectivity index (χ0v) is 10.9. The third kappa shape index (κ3) is 3.80. The summed E-state index contributed by atoms with van der Waals surface area (Å²) in [5, 5.41) is 6.22. The Hall–Kier alpha value is -2.38. The number of nitrogens with one attached hydrogen (secondary N) is 1. The van der Waals surface area contributed by atoms with Crippen LogP contribution < -0.4 is 0 Å². The summed E-state index contributed by atoms with van der Waals surface area (Å²) in [7, 11) is 1.05. The number of rotatable bonds is 3. The van der Waals surface area contributed by atoms with E-state index in [0.717, 1.165) is 7.05 Å². The highest BCUT2D eigenvalue weighted by molar-refractivity contribution is 5.93.